The molecule has 118 valence electrons. The van der Waals surface area contributed by atoms with Crippen LogP contribution in [0.1, 0.15) is 12.8 Å². The van der Waals surface area contributed by atoms with Crippen LogP contribution in [0.4, 0.5) is 11.4 Å². The molecule has 0 atom stereocenters. The predicted octanol–water partition coefficient (Wildman–Crippen LogP) is 1.85. The Labute approximate surface area is 133 Å². The second kappa shape index (κ2) is 5.31. The molecule has 0 saturated heterocycles. The van der Waals surface area contributed by atoms with Gasteiger partial charge in [-0.25, -0.2) is 0 Å². The minimum atomic E-state index is -1.10. The van der Waals surface area contributed by atoms with E-state index in [1.54, 1.807) is 36.4 Å². The number of benzene rings is 2. The first-order chi connectivity index (χ1) is 10.9. The number of primary amides is 1. The first-order valence-electron chi connectivity index (χ1n) is 7.23. The second-order valence-electron chi connectivity index (χ2n) is 5.75. The molecular weight excluding hydrogens is 294 g/mol. The van der Waals surface area contributed by atoms with Gasteiger partial charge in [-0.15, -0.1) is 0 Å². The average molecular weight is 311 g/mol. The molecule has 1 saturated carbocycles. The molecule has 0 radical (unpaired) electrons. The molecule has 0 bridgehead atoms. The maximum absolute atomic E-state index is 12.4. The van der Waals surface area contributed by atoms with Crippen molar-refractivity contribution in [3.05, 3.63) is 42.5 Å². The molecule has 2 aromatic carbocycles. The molecule has 2 amide bonds. The van der Waals surface area contributed by atoms with Crippen LogP contribution in [-0.4, -0.2) is 16.9 Å². The van der Waals surface area contributed by atoms with Gasteiger partial charge in [0.05, 0.1) is 0 Å². The van der Waals surface area contributed by atoms with Gasteiger partial charge in [-0.05, 0) is 48.7 Å². The highest BCUT2D eigenvalue weighted by Gasteiger charge is 2.55. The zero-order valence-corrected chi connectivity index (χ0v) is 12.4. The van der Waals surface area contributed by atoms with Gasteiger partial charge in [0, 0.05) is 16.9 Å². The number of phenols is 1. The number of hydrogen-bond acceptors (Lipinski definition) is 4. The summed E-state index contributed by atoms with van der Waals surface area (Å²) in [4.78, 5) is 23.8. The number of aromatic hydroxyl groups is 1. The van der Waals surface area contributed by atoms with E-state index in [2.05, 4.69) is 5.32 Å². The highest BCUT2D eigenvalue weighted by molar-refractivity contribution is 6.13. The number of carbonyl (C=O) groups excluding carboxylic acids is 2. The van der Waals surface area contributed by atoms with E-state index >= 15 is 0 Å². The molecule has 6 heteroatoms. The van der Waals surface area contributed by atoms with Crippen molar-refractivity contribution in [3.63, 3.8) is 0 Å². The first-order valence-corrected chi connectivity index (χ1v) is 7.23. The van der Waals surface area contributed by atoms with Crippen molar-refractivity contribution < 1.29 is 14.7 Å². The fourth-order valence-corrected chi connectivity index (χ4v) is 2.50. The molecule has 0 heterocycles. The van der Waals surface area contributed by atoms with Gasteiger partial charge in [0.2, 0.25) is 11.8 Å². The zero-order valence-electron chi connectivity index (χ0n) is 12.4. The molecule has 1 fully saturated rings. The molecule has 0 spiro atoms. The van der Waals surface area contributed by atoms with E-state index in [1.165, 1.54) is 6.07 Å². The quantitative estimate of drug-likeness (QED) is 0.391. The normalized spacial score (nSPS) is 15.0. The lowest BCUT2D eigenvalue weighted by Crippen LogP contribution is -2.36. The smallest absolute Gasteiger partial charge is 0.240 e. The van der Waals surface area contributed by atoms with Crippen LogP contribution in [0.5, 0.6) is 5.75 Å². The summed E-state index contributed by atoms with van der Waals surface area (Å²) in [6.45, 7) is 0. The van der Waals surface area contributed by atoms with Gasteiger partial charge in [-0.1, -0.05) is 12.1 Å². The summed E-state index contributed by atoms with van der Waals surface area (Å²) in [7, 11) is 0. The van der Waals surface area contributed by atoms with E-state index < -0.39 is 17.2 Å². The Bertz CT molecular complexity index is 780. The first kappa shape index (κ1) is 14.9. The number of nitrogens with one attached hydrogen (secondary N) is 1. The van der Waals surface area contributed by atoms with Crippen molar-refractivity contribution in [2.75, 3.05) is 11.1 Å². The topological polar surface area (TPSA) is 118 Å². The van der Waals surface area contributed by atoms with Gasteiger partial charge in [-0.3, -0.25) is 9.59 Å². The van der Waals surface area contributed by atoms with Crippen molar-refractivity contribution in [2.24, 2.45) is 11.1 Å². The Morgan fingerprint density at radius 1 is 1.09 bits per heavy atom. The van der Waals surface area contributed by atoms with Crippen LogP contribution in [0.25, 0.3) is 11.1 Å². The standard InChI is InChI=1S/C17H17N3O3/c18-11-3-1-10(2-4-11)13-9-12(21)5-6-14(13)20-16(23)17(7-8-17)15(19)22/h1-6,9,21H,7-8,18H2,(H2,19,22)(H,20,23). The number of anilines is 2. The second-order valence-corrected chi connectivity index (χ2v) is 5.75. The summed E-state index contributed by atoms with van der Waals surface area (Å²) in [6.07, 6.45) is 0.924. The van der Waals surface area contributed by atoms with Gasteiger partial charge >= 0.3 is 0 Å². The van der Waals surface area contributed by atoms with Crippen LogP contribution in [0, 0.1) is 5.41 Å². The summed E-state index contributed by atoms with van der Waals surface area (Å²) in [6, 6.07) is 11.7. The lowest BCUT2D eigenvalue weighted by molar-refractivity contribution is -0.132. The molecule has 0 unspecified atom stereocenters. The van der Waals surface area contributed by atoms with E-state index in [-0.39, 0.29) is 5.75 Å². The van der Waals surface area contributed by atoms with Gasteiger partial charge in [0.15, 0.2) is 0 Å². The Morgan fingerprint density at radius 2 is 1.74 bits per heavy atom. The van der Waals surface area contributed by atoms with Crippen LogP contribution in [-0.2, 0) is 9.59 Å². The van der Waals surface area contributed by atoms with Crippen molar-refractivity contribution in [3.8, 4) is 16.9 Å². The Balaban J connectivity index is 1.95. The van der Waals surface area contributed by atoms with E-state index in [9.17, 15) is 14.7 Å². The number of phenolic OH excluding ortho intramolecular Hbond substituents is 1. The fraction of sp³-hybridized carbons (Fsp3) is 0.176. The van der Waals surface area contributed by atoms with E-state index in [0.29, 0.717) is 29.8 Å². The molecule has 6 N–H and O–H groups in total. The monoisotopic (exact) mass is 311 g/mol. The summed E-state index contributed by atoms with van der Waals surface area (Å²) in [5.41, 5.74) is 12.4. The molecule has 0 aliphatic heterocycles. The maximum Gasteiger partial charge on any atom is 0.240 e. The molecule has 6 nitrogen and oxygen atoms in total. The van der Waals surface area contributed by atoms with Crippen LogP contribution >= 0.6 is 0 Å². The summed E-state index contributed by atoms with van der Waals surface area (Å²) in [5, 5.41) is 12.5. The van der Waals surface area contributed by atoms with Gasteiger partial charge in [-0.2, -0.15) is 0 Å². The Hall–Kier alpha value is -3.02. The van der Waals surface area contributed by atoms with E-state index in [4.69, 9.17) is 11.5 Å². The highest BCUT2D eigenvalue weighted by Crippen LogP contribution is 2.46. The number of nitrogens with two attached hydrogens (primary N) is 2. The van der Waals surface area contributed by atoms with Gasteiger partial charge in [0.25, 0.3) is 0 Å². The minimum absolute atomic E-state index is 0.0749. The molecule has 23 heavy (non-hydrogen) atoms. The SMILES string of the molecule is NC(=O)C1(C(=O)Nc2ccc(O)cc2-c2ccc(N)cc2)CC1. The molecular formula is C17H17N3O3. The lowest BCUT2D eigenvalue weighted by Gasteiger charge is -2.15. The number of amides is 2. The number of nitrogen functional groups attached to an aromatic ring is 1. The number of hydrogen-bond donors (Lipinski definition) is 4. The number of rotatable bonds is 4. The van der Waals surface area contributed by atoms with Crippen LogP contribution < -0.4 is 16.8 Å². The van der Waals surface area contributed by atoms with E-state index in [0.717, 1.165) is 5.56 Å². The summed E-state index contributed by atoms with van der Waals surface area (Å²) < 4.78 is 0. The van der Waals surface area contributed by atoms with Crippen LogP contribution in [0.3, 0.4) is 0 Å². The molecule has 1 aliphatic rings. The van der Waals surface area contributed by atoms with E-state index in [1.807, 2.05) is 0 Å². The third kappa shape index (κ3) is 2.70. The van der Waals surface area contributed by atoms with Gasteiger partial charge < -0.3 is 21.9 Å². The number of carbonyl (C=O) groups is 2. The van der Waals surface area contributed by atoms with Crippen molar-refractivity contribution in [1.29, 1.82) is 0 Å². The molecule has 2 aromatic rings. The summed E-state index contributed by atoms with van der Waals surface area (Å²) in [5.74, 6) is -0.943. The maximum atomic E-state index is 12.4. The predicted molar refractivity (Wildman–Crippen MR) is 87.4 cm³/mol. The third-order valence-corrected chi connectivity index (χ3v) is 4.13. The van der Waals surface area contributed by atoms with Crippen molar-refractivity contribution in [2.45, 2.75) is 12.8 Å². The minimum Gasteiger partial charge on any atom is -0.508 e. The lowest BCUT2D eigenvalue weighted by atomic mass is 10.0. The highest BCUT2D eigenvalue weighted by atomic mass is 16.3. The summed E-state index contributed by atoms with van der Waals surface area (Å²) >= 11 is 0. The zero-order chi connectivity index (χ0) is 16.6. The Kier molecular flexibility index (Phi) is 3.44. The van der Waals surface area contributed by atoms with Crippen LogP contribution in [0.2, 0.25) is 0 Å². The molecule has 1 aliphatic carbocycles. The van der Waals surface area contributed by atoms with Gasteiger partial charge in [0.1, 0.15) is 11.2 Å². The molecule has 0 aromatic heterocycles. The van der Waals surface area contributed by atoms with Crippen molar-refractivity contribution in [1.82, 2.24) is 0 Å². The third-order valence-electron chi connectivity index (χ3n) is 4.13. The average Bonchev–Trinajstić information content (AvgIpc) is 3.32. The van der Waals surface area contributed by atoms with Crippen molar-refractivity contribution >= 4 is 23.2 Å². The Morgan fingerprint density at radius 3 is 2.30 bits per heavy atom. The van der Waals surface area contributed by atoms with Crippen LogP contribution in [0.15, 0.2) is 42.5 Å². The largest absolute Gasteiger partial charge is 0.508 e. The fourth-order valence-electron chi connectivity index (χ4n) is 2.50. The molecule has 3 rings (SSSR count).